The van der Waals surface area contributed by atoms with Crippen LogP contribution in [0.5, 0.6) is 0 Å². The van der Waals surface area contributed by atoms with E-state index in [1.54, 1.807) is 0 Å². The highest BCUT2D eigenvalue weighted by Crippen LogP contribution is 2.19. The van der Waals surface area contributed by atoms with Crippen molar-refractivity contribution in [1.29, 1.82) is 0 Å². The van der Waals surface area contributed by atoms with Crippen LogP contribution in [0.4, 0.5) is 0 Å². The molecule has 0 heterocycles. The van der Waals surface area contributed by atoms with Gasteiger partial charge in [-0.3, -0.25) is 4.99 Å². The number of hydrogen-bond acceptors (Lipinski definition) is 1. The van der Waals surface area contributed by atoms with Crippen LogP contribution in [0.3, 0.4) is 0 Å². The first-order chi connectivity index (χ1) is 6.43. The molecule has 0 bridgehead atoms. The minimum atomic E-state index is 0.676. The number of hydrogen-bond donors (Lipinski definition) is 0. The summed E-state index contributed by atoms with van der Waals surface area (Å²) in [5, 5.41) is 0. The normalized spacial score (nSPS) is 19.8. The van der Waals surface area contributed by atoms with Crippen molar-refractivity contribution in [3.8, 4) is 0 Å². The van der Waals surface area contributed by atoms with E-state index in [0.29, 0.717) is 6.04 Å². The summed E-state index contributed by atoms with van der Waals surface area (Å²) < 4.78 is 0. The van der Waals surface area contributed by atoms with Crippen molar-refractivity contribution in [2.24, 2.45) is 4.99 Å². The van der Waals surface area contributed by atoms with Gasteiger partial charge in [0.25, 0.3) is 0 Å². The number of aliphatic imine (C=N–C) groups is 1. The summed E-state index contributed by atoms with van der Waals surface area (Å²) in [6, 6.07) is 0.676. The Balaban J connectivity index is 2.01. The second-order valence-corrected chi connectivity index (χ2v) is 4.12. The van der Waals surface area contributed by atoms with E-state index in [1.165, 1.54) is 57.8 Å². The van der Waals surface area contributed by atoms with Gasteiger partial charge < -0.3 is 0 Å². The maximum atomic E-state index is 4.63. The number of unbranched alkanes of at least 4 members (excludes halogenated alkanes) is 3. The molecular formula is C12H23N. The Morgan fingerprint density at radius 3 is 2.62 bits per heavy atom. The van der Waals surface area contributed by atoms with E-state index in [0.717, 1.165) is 0 Å². The minimum absolute atomic E-state index is 0.676. The molecule has 0 atom stereocenters. The topological polar surface area (TPSA) is 12.4 Å². The predicted octanol–water partition coefficient (Wildman–Crippen LogP) is 3.97. The Labute approximate surface area is 82.6 Å². The molecule has 0 N–H and O–H groups in total. The van der Waals surface area contributed by atoms with Crippen LogP contribution in [0.25, 0.3) is 0 Å². The minimum Gasteiger partial charge on any atom is -0.294 e. The van der Waals surface area contributed by atoms with Gasteiger partial charge in [0.1, 0.15) is 0 Å². The highest BCUT2D eigenvalue weighted by Gasteiger charge is 2.10. The summed E-state index contributed by atoms with van der Waals surface area (Å²) in [5.74, 6) is 0. The molecule has 0 amide bonds. The Morgan fingerprint density at radius 1 is 1.15 bits per heavy atom. The van der Waals surface area contributed by atoms with Crippen molar-refractivity contribution in [2.75, 3.05) is 0 Å². The SMILES string of the molecule is CCCCC/C=N/C1CCCCC1. The van der Waals surface area contributed by atoms with Crippen LogP contribution in [-0.2, 0) is 0 Å². The summed E-state index contributed by atoms with van der Waals surface area (Å²) in [6.07, 6.45) is 14.3. The first-order valence-electron chi connectivity index (χ1n) is 5.95. The van der Waals surface area contributed by atoms with Gasteiger partial charge in [-0.1, -0.05) is 39.0 Å². The lowest BCUT2D eigenvalue weighted by Gasteiger charge is -2.16. The van der Waals surface area contributed by atoms with E-state index in [4.69, 9.17) is 0 Å². The fourth-order valence-electron chi connectivity index (χ4n) is 1.94. The van der Waals surface area contributed by atoms with E-state index in [-0.39, 0.29) is 0 Å². The Kier molecular flexibility index (Phi) is 5.88. The highest BCUT2D eigenvalue weighted by molar-refractivity contribution is 5.57. The van der Waals surface area contributed by atoms with Crippen molar-refractivity contribution in [3.05, 3.63) is 0 Å². The van der Waals surface area contributed by atoms with Crippen LogP contribution in [0.15, 0.2) is 4.99 Å². The van der Waals surface area contributed by atoms with Crippen molar-refractivity contribution >= 4 is 6.21 Å². The smallest absolute Gasteiger partial charge is 0.0495 e. The van der Waals surface area contributed by atoms with Gasteiger partial charge in [-0.2, -0.15) is 0 Å². The third-order valence-electron chi connectivity index (χ3n) is 2.83. The molecule has 13 heavy (non-hydrogen) atoms. The van der Waals surface area contributed by atoms with Crippen LogP contribution in [0, 0.1) is 0 Å². The van der Waals surface area contributed by atoms with Crippen LogP contribution >= 0.6 is 0 Å². The zero-order valence-electron chi connectivity index (χ0n) is 8.97. The molecule has 1 heteroatoms. The molecular weight excluding hydrogens is 158 g/mol. The Bertz CT molecular complexity index is 134. The summed E-state index contributed by atoms with van der Waals surface area (Å²) in [6.45, 7) is 2.25. The van der Waals surface area contributed by atoms with Gasteiger partial charge >= 0.3 is 0 Å². The summed E-state index contributed by atoms with van der Waals surface area (Å²) >= 11 is 0. The van der Waals surface area contributed by atoms with Crippen molar-refractivity contribution in [2.45, 2.75) is 70.8 Å². The average molecular weight is 181 g/mol. The lowest BCUT2D eigenvalue weighted by Crippen LogP contribution is -2.09. The van der Waals surface area contributed by atoms with E-state index in [1.807, 2.05) is 0 Å². The highest BCUT2D eigenvalue weighted by atomic mass is 14.8. The van der Waals surface area contributed by atoms with Crippen molar-refractivity contribution < 1.29 is 0 Å². The van der Waals surface area contributed by atoms with E-state index in [2.05, 4.69) is 18.1 Å². The molecule has 0 saturated heterocycles. The first kappa shape index (κ1) is 10.7. The van der Waals surface area contributed by atoms with Gasteiger partial charge in [-0.25, -0.2) is 0 Å². The lowest BCUT2D eigenvalue weighted by atomic mass is 9.96. The van der Waals surface area contributed by atoms with Gasteiger partial charge in [0, 0.05) is 6.04 Å². The molecule has 1 aliphatic carbocycles. The first-order valence-corrected chi connectivity index (χ1v) is 5.95. The maximum absolute atomic E-state index is 4.63. The third-order valence-corrected chi connectivity index (χ3v) is 2.83. The zero-order valence-corrected chi connectivity index (χ0v) is 8.97. The molecule has 0 radical (unpaired) electrons. The standard InChI is InChI=1S/C12H23N/c1-2-3-4-8-11-13-12-9-6-5-7-10-12/h11-12H,2-10H2,1H3/b13-11+. The number of nitrogens with zero attached hydrogens (tertiary/aromatic N) is 1. The summed E-state index contributed by atoms with van der Waals surface area (Å²) in [4.78, 5) is 4.63. The second kappa shape index (κ2) is 7.11. The quantitative estimate of drug-likeness (QED) is 0.449. The molecule has 0 aromatic rings. The second-order valence-electron chi connectivity index (χ2n) is 4.12. The molecule has 0 aromatic carbocycles. The van der Waals surface area contributed by atoms with E-state index in [9.17, 15) is 0 Å². The molecule has 76 valence electrons. The molecule has 1 saturated carbocycles. The Hall–Kier alpha value is -0.330. The summed E-state index contributed by atoms with van der Waals surface area (Å²) in [7, 11) is 0. The van der Waals surface area contributed by atoms with Crippen molar-refractivity contribution in [3.63, 3.8) is 0 Å². The van der Waals surface area contributed by atoms with E-state index >= 15 is 0 Å². The molecule has 1 nitrogen and oxygen atoms in total. The van der Waals surface area contributed by atoms with Gasteiger partial charge in [0.15, 0.2) is 0 Å². The fraction of sp³-hybridized carbons (Fsp3) is 0.917. The molecule has 1 aliphatic rings. The van der Waals surface area contributed by atoms with Gasteiger partial charge in [0.2, 0.25) is 0 Å². The zero-order chi connectivity index (χ0) is 9.36. The van der Waals surface area contributed by atoms with Crippen LogP contribution in [0.1, 0.15) is 64.7 Å². The molecule has 0 aromatic heterocycles. The molecule has 0 spiro atoms. The monoisotopic (exact) mass is 181 g/mol. The van der Waals surface area contributed by atoms with Gasteiger partial charge in [0.05, 0.1) is 0 Å². The van der Waals surface area contributed by atoms with E-state index < -0.39 is 0 Å². The van der Waals surface area contributed by atoms with Crippen molar-refractivity contribution in [1.82, 2.24) is 0 Å². The molecule has 1 fully saturated rings. The maximum Gasteiger partial charge on any atom is 0.0495 e. The van der Waals surface area contributed by atoms with Crippen LogP contribution < -0.4 is 0 Å². The van der Waals surface area contributed by atoms with Crippen LogP contribution in [0.2, 0.25) is 0 Å². The molecule has 1 rings (SSSR count). The largest absolute Gasteiger partial charge is 0.294 e. The Morgan fingerprint density at radius 2 is 1.92 bits per heavy atom. The van der Waals surface area contributed by atoms with Crippen LogP contribution in [-0.4, -0.2) is 12.3 Å². The molecule has 0 unspecified atom stereocenters. The average Bonchev–Trinajstić information content (AvgIpc) is 2.19. The third kappa shape index (κ3) is 5.07. The fourth-order valence-corrected chi connectivity index (χ4v) is 1.94. The summed E-state index contributed by atoms with van der Waals surface area (Å²) in [5.41, 5.74) is 0. The van der Waals surface area contributed by atoms with Gasteiger partial charge in [-0.15, -0.1) is 0 Å². The predicted molar refractivity (Wildman–Crippen MR) is 59.5 cm³/mol. The lowest BCUT2D eigenvalue weighted by molar-refractivity contribution is 0.444. The van der Waals surface area contributed by atoms with Gasteiger partial charge in [-0.05, 0) is 31.9 Å². The molecule has 0 aliphatic heterocycles. The number of rotatable bonds is 5.